The SMILES string of the molecule is Cc1ccccc1N(C(=O)c1snc(C(N)=O)c1N)[C@@H](C(=O)NC1CCCCC1)c1ccc(N(C)C)cc1. The summed E-state index contributed by atoms with van der Waals surface area (Å²) in [6.07, 6.45) is 5.07. The molecule has 5 N–H and O–H groups in total. The first-order valence-corrected chi connectivity index (χ1v) is 13.5. The largest absolute Gasteiger partial charge is 0.395 e. The molecule has 200 valence electrons. The zero-order chi connectivity index (χ0) is 27.4. The number of hydrogen-bond donors (Lipinski definition) is 3. The molecule has 1 aromatic heterocycles. The van der Waals surface area contributed by atoms with E-state index < -0.39 is 17.9 Å². The molecule has 9 nitrogen and oxygen atoms in total. The second kappa shape index (κ2) is 11.6. The molecule has 0 bridgehead atoms. The van der Waals surface area contributed by atoms with Crippen LogP contribution in [0.4, 0.5) is 17.1 Å². The van der Waals surface area contributed by atoms with Crippen LogP contribution in [-0.4, -0.2) is 42.2 Å². The molecule has 1 fully saturated rings. The second-order valence-corrected chi connectivity index (χ2v) is 10.6. The summed E-state index contributed by atoms with van der Waals surface area (Å²) in [5.74, 6) is -1.61. The molecule has 0 saturated heterocycles. The van der Waals surface area contributed by atoms with Crippen molar-refractivity contribution in [3.05, 3.63) is 70.2 Å². The number of anilines is 3. The number of nitrogens with two attached hydrogens (primary N) is 2. The van der Waals surface area contributed by atoms with Gasteiger partial charge in [-0.15, -0.1) is 0 Å². The van der Waals surface area contributed by atoms with Gasteiger partial charge in [-0.2, -0.15) is 4.37 Å². The number of amides is 3. The maximum Gasteiger partial charge on any atom is 0.273 e. The summed E-state index contributed by atoms with van der Waals surface area (Å²) in [5, 5.41) is 3.21. The number of nitrogen functional groups attached to an aromatic ring is 1. The average Bonchev–Trinajstić information content (AvgIpc) is 3.29. The maximum absolute atomic E-state index is 14.2. The van der Waals surface area contributed by atoms with E-state index in [1.54, 1.807) is 6.07 Å². The van der Waals surface area contributed by atoms with Crippen molar-refractivity contribution in [2.75, 3.05) is 29.6 Å². The van der Waals surface area contributed by atoms with Gasteiger partial charge in [-0.25, -0.2) is 0 Å². The molecule has 1 aliphatic rings. The lowest BCUT2D eigenvalue weighted by Crippen LogP contribution is -2.47. The van der Waals surface area contributed by atoms with Gasteiger partial charge in [-0.05, 0) is 60.6 Å². The average molecular weight is 535 g/mol. The van der Waals surface area contributed by atoms with Crippen molar-refractivity contribution in [3.63, 3.8) is 0 Å². The Morgan fingerprint density at radius 3 is 2.26 bits per heavy atom. The fraction of sp³-hybridized carbons (Fsp3) is 0.357. The zero-order valence-electron chi connectivity index (χ0n) is 21.9. The molecule has 0 unspecified atom stereocenters. The highest BCUT2D eigenvalue weighted by Crippen LogP contribution is 2.35. The molecule has 1 heterocycles. The van der Waals surface area contributed by atoms with E-state index in [0.717, 1.165) is 54.9 Å². The van der Waals surface area contributed by atoms with Crippen LogP contribution in [0.5, 0.6) is 0 Å². The van der Waals surface area contributed by atoms with E-state index in [9.17, 15) is 14.4 Å². The number of nitrogens with one attached hydrogen (secondary N) is 1. The van der Waals surface area contributed by atoms with Crippen LogP contribution >= 0.6 is 11.5 Å². The standard InChI is InChI=1S/C28H34N6O3S/c1-17-9-7-8-12-21(17)34(28(37)25-22(29)23(26(30)35)32-38-25)24(18-13-15-20(16-14-18)33(2)3)27(36)31-19-10-5-4-6-11-19/h7-9,12-16,19,24H,4-6,10-11,29H2,1-3H3,(H2,30,35)(H,31,36)/t24-/m1/s1. The fourth-order valence-electron chi connectivity index (χ4n) is 4.84. The smallest absolute Gasteiger partial charge is 0.273 e. The third kappa shape index (κ3) is 5.65. The van der Waals surface area contributed by atoms with Gasteiger partial charge in [0, 0.05) is 31.5 Å². The summed E-state index contributed by atoms with van der Waals surface area (Å²) in [4.78, 5) is 43.6. The van der Waals surface area contributed by atoms with Gasteiger partial charge in [0.25, 0.3) is 11.8 Å². The number of rotatable bonds is 8. The minimum Gasteiger partial charge on any atom is -0.395 e. The third-order valence-corrected chi connectivity index (χ3v) is 7.78. The molecule has 10 heteroatoms. The Hall–Kier alpha value is -3.92. The quantitative estimate of drug-likeness (QED) is 0.399. The lowest BCUT2D eigenvalue weighted by molar-refractivity contribution is -0.123. The molecule has 3 amide bonds. The molecule has 1 saturated carbocycles. The van der Waals surface area contributed by atoms with Gasteiger partial charge < -0.3 is 21.7 Å². The van der Waals surface area contributed by atoms with Gasteiger partial charge in [0.05, 0.1) is 5.69 Å². The number of nitrogens with zero attached hydrogens (tertiary/aromatic N) is 3. The Bertz CT molecular complexity index is 1310. The lowest BCUT2D eigenvalue weighted by Gasteiger charge is -2.34. The Morgan fingerprint density at radius 1 is 1.03 bits per heavy atom. The number of hydrogen-bond acceptors (Lipinski definition) is 7. The van der Waals surface area contributed by atoms with Crippen LogP contribution in [-0.2, 0) is 4.79 Å². The maximum atomic E-state index is 14.2. The van der Waals surface area contributed by atoms with E-state index in [0.29, 0.717) is 11.3 Å². The van der Waals surface area contributed by atoms with E-state index in [1.165, 1.54) is 4.90 Å². The Labute approximate surface area is 227 Å². The molecule has 1 aliphatic carbocycles. The van der Waals surface area contributed by atoms with Crippen molar-refractivity contribution in [1.82, 2.24) is 9.69 Å². The van der Waals surface area contributed by atoms with Crippen molar-refractivity contribution >= 4 is 46.3 Å². The molecular formula is C28H34N6O3S. The highest BCUT2D eigenvalue weighted by Gasteiger charge is 2.37. The zero-order valence-corrected chi connectivity index (χ0v) is 22.8. The number of para-hydroxylation sites is 1. The molecule has 0 spiro atoms. The Balaban J connectivity index is 1.86. The Kier molecular flexibility index (Phi) is 8.31. The highest BCUT2D eigenvalue weighted by molar-refractivity contribution is 7.09. The minimum atomic E-state index is -0.986. The van der Waals surface area contributed by atoms with Gasteiger partial charge in [-0.3, -0.25) is 19.3 Å². The summed E-state index contributed by atoms with van der Waals surface area (Å²) in [6, 6.07) is 14.0. The van der Waals surface area contributed by atoms with Crippen molar-refractivity contribution < 1.29 is 14.4 Å². The number of aromatic nitrogens is 1. The predicted octanol–water partition coefficient (Wildman–Crippen LogP) is 4.04. The van der Waals surface area contributed by atoms with Crippen LogP contribution in [0.2, 0.25) is 0 Å². The van der Waals surface area contributed by atoms with Crippen molar-refractivity contribution in [2.45, 2.75) is 51.1 Å². The van der Waals surface area contributed by atoms with Gasteiger partial charge in [0.15, 0.2) is 5.69 Å². The normalized spacial score (nSPS) is 14.5. The number of carbonyl (C=O) groups is 3. The summed E-state index contributed by atoms with van der Waals surface area (Å²) in [6.45, 7) is 1.88. The molecule has 1 atom stereocenters. The van der Waals surface area contributed by atoms with Gasteiger partial charge in [0.1, 0.15) is 10.9 Å². The lowest BCUT2D eigenvalue weighted by atomic mass is 9.94. The van der Waals surface area contributed by atoms with Gasteiger partial charge in [0.2, 0.25) is 5.91 Å². The first kappa shape index (κ1) is 27.1. The van der Waals surface area contributed by atoms with Crippen molar-refractivity contribution in [1.29, 1.82) is 0 Å². The topological polar surface area (TPSA) is 135 Å². The van der Waals surface area contributed by atoms with Crippen LogP contribution in [0.25, 0.3) is 0 Å². The molecular weight excluding hydrogens is 500 g/mol. The van der Waals surface area contributed by atoms with E-state index in [2.05, 4.69) is 9.69 Å². The van der Waals surface area contributed by atoms with Crippen LogP contribution in [0.1, 0.15) is 69.4 Å². The highest BCUT2D eigenvalue weighted by atomic mass is 32.1. The second-order valence-electron chi connectivity index (χ2n) is 9.83. The van der Waals surface area contributed by atoms with E-state index in [-0.39, 0.29) is 28.2 Å². The summed E-state index contributed by atoms with van der Waals surface area (Å²) < 4.78 is 4.02. The summed E-state index contributed by atoms with van der Waals surface area (Å²) >= 11 is 0.802. The van der Waals surface area contributed by atoms with E-state index in [1.807, 2.05) is 68.4 Å². The fourth-order valence-corrected chi connectivity index (χ4v) is 5.58. The van der Waals surface area contributed by atoms with Gasteiger partial charge in [-0.1, -0.05) is 49.6 Å². The first-order valence-electron chi connectivity index (χ1n) is 12.7. The number of carbonyl (C=O) groups excluding carboxylic acids is 3. The van der Waals surface area contributed by atoms with Crippen LogP contribution in [0.15, 0.2) is 48.5 Å². The van der Waals surface area contributed by atoms with E-state index >= 15 is 0 Å². The minimum absolute atomic E-state index is 0.0450. The molecule has 2 aromatic carbocycles. The van der Waals surface area contributed by atoms with Crippen molar-refractivity contribution in [3.8, 4) is 0 Å². The first-order chi connectivity index (χ1) is 18.2. The summed E-state index contributed by atoms with van der Waals surface area (Å²) in [7, 11) is 3.88. The van der Waals surface area contributed by atoms with Gasteiger partial charge >= 0.3 is 0 Å². The molecule has 0 radical (unpaired) electrons. The van der Waals surface area contributed by atoms with Crippen LogP contribution < -0.4 is 26.6 Å². The third-order valence-electron chi connectivity index (χ3n) is 6.93. The predicted molar refractivity (Wildman–Crippen MR) is 152 cm³/mol. The number of primary amides is 1. The molecule has 38 heavy (non-hydrogen) atoms. The Morgan fingerprint density at radius 2 is 1.68 bits per heavy atom. The number of aryl methyl sites for hydroxylation is 1. The summed E-state index contributed by atoms with van der Waals surface area (Å²) in [5.41, 5.74) is 14.3. The van der Waals surface area contributed by atoms with E-state index in [4.69, 9.17) is 11.5 Å². The van der Waals surface area contributed by atoms with Crippen LogP contribution in [0.3, 0.4) is 0 Å². The monoisotopic (exact) mass is 534 g/mol. The number of benzene rings is 2. The molecule has 0 aliphatic heterocycles. The van der Waals surface area contributed by atoms with Crippen molar-refractivity contribution in [2.24, 2.45) is 5.73 Å². The molecule has 4 rings (SSSR count). The van der Waals surface area contributed by atoms with Crippen LogP contribution in [0, 0.1) is 6.92 Å². The molecule has 3 aromatic rings.